The lowest BCUT2D eigenvalue weighted by atomic mass is 9.94. The van der Waals surface area contributed by atoms with Crippen molar-refractivity contribution in [1.82, 2.24) is 14.9 Å². The summed E-state index contributed by atoms with van der Waals surface area (Å²) in [7, 11) is 0. The van der Waals surface area contributed by atoms with Crippen molar-refractivity contribution in [1.29, 1.82) is 0 Å². The van der Waals surface area contributed by atoms with Crippen LogP contribution in [-0.4, -0.2) is 27.3 Å². The summed E-state index contributed by atoms with van der Waals surface area (Å²) < 4.78 is 0. The molecule has 0 N–H and O–H groups in total. The van der Waals surface area contributed by atoms with E-state index in [0.29, 0.717) is 13.1 Å². The van der Waals surface area contributed by atoms with Crippen molar-refractivity contribution in [3.05, 3.63) is 108 Å². The molecule has 154 valence electrons. The number of amides is 1. The summed E-state index contributed by atoms with van der Waals surface area (Å²) in [6.07, 6.45) is 4.47. The van der Waals surface area contributed by atoms with E-state index in [0.717, 1.165) is 56.0 Å². The number of carbonyl (C=O) groups excluding carboxylic acids is 1. The van der Waals surface area contributed by atoms with Gasteiger partial charge in [0.15, 0.2) is 0 Å². The quantitative estimate of drug-likeness (QED) is 0.381. The first-order valence-corrected chi connectivity index (χ1v) is 10.9. The number of carbonyl (C=O) groups is 1. The van der Waals surface area contributed by atoms with E-state index in [1.54, 1.807) is 0 Å². The molecule has 32 heavy (non-hydrogen) atoms. The van der Waals surface area contributed by atoms with Crippen molar-refractivity contribution < 1.29 is 4.79 Å². The summed E-state index contributed by atoms with van der Waals surface area (Å²) in [5, 5.41) is 3.32. The highest BCUT2D eigenvalue weighted by Crippen LogP contribution is 2.35. The van der Waals surface area contributed by atoms with Gasteiger partial charge < -0.3 is 4.90 Å². The molecule has 0 atom stereocenters. The number of aromatic nitrogens is 2. The van der Waals surface area contributed by atoms with Gasteiger partial charge in [-0.1, -0.05) is 66.7 Å². The fourth-order valence-corrected chi connectivity index (χ4v) is 4.65. The van der Waals surface area contributed by atoms with Crippen molar-refractivity contribution in [2.24, 2.45) is 0 Å². The lowest BCUT2D eigenvalue weighted by molar-refractivity contribution is 0.0780. The molecule has 5 aromatic rings. The van der Waals surface area contributed by atoms with Gasteiger partial charge in [0.05, 0.1) is 11.1 Å². The first-order chi connectivity index (χ1) is 15.8. The molecule has 0 saturated heterocycles. The Labute approximate surface area is 186 Å². The predicted octanol–water partition coefficient (Wildman–Crippen LogP) is 5.65. The molecule has 1 amide bonds. The van der Waals surface area contributed by atoms with Gasteiger partial charge >= 0.3 is 0 Å². The first kappa shape index (κ1) is 18.7. The Hall–Kier alpha value is -4.05. The molecule has 0 saturated carbocycles. The molecule has 0 fully saturated rings. The van der Waals surface area contributed by atoms with E-state index in [9.17, 15) is 4.79 Å². The maximum absolute atomic E-state index is 13.4. The molecule has 1 aliphatic heterocycles. The Bertz CT molecular complexity index is 1490. The summed E-state index contributed by atoms with van der Waals surface area (Å²) in [5.74, 6) is 0.0873. The van der Waals surface area contributed by atoms with Gasteiger partial charge in [-0.25, -0.2) is 0 Å². The third kappa shape index (κ3) is 3.12. The second-order valence-corrected chi connectivity index (χ2v) is 8.22. The first-order valence-electron chi connectivity index (χ1n) is 10.9. The topological polar surface area (TPSA) is 46.1 Å². The lowest BCUT2D eigenvalue weighted by Gasteiger charge is -2.16. The molecule has 4 heteroatoms. The normalized spacial score (nSPS) is 13.1. The fraction of sp³-hybridized carbons (Fsp3) is 0.107. The standard InChI is InChI=1S/C28H21N3O/c32-28-27-21(8-5-10-24(27)25-17-29-16-20-7-1-3-9-23(20)25)18-31(28)15-14-22-13-12-19-6-2-4-11-26(19)30-22/h1-13,16-17H,14-15,18H2. The van der Waals surface area contributed by atoms with Crippen molar-refractivity contribution in [3.8, 4) is 11.1 Å². The molecule has 0 spiro atoms. The van der Waals surface area contributed by atoms with E-state index in [1.165, 1.54) is 0 Å². The van der Waals surface area contributed by atoms with Crippen LogP contribution in [0.25, 0.3) is 32.8 Å². The fourth-order valence-electron chi connectivity index (χ4n) is 4.65. The van der Waals surface area contributed by atoms with Crippen LogP contribution in [0.5, 0.6) is 0 Å². The van der Waals surface area contributed by atoms with Crippen molar-refractivity contribution in [3.63, 3.8) is 0 Å². The average Bonchev–Trinajstić information content (AvgIpc) is 3.18. The Kier molecular flexibility index (Phi) is 4.43. The van der Waals surface area contributed by atoms with Crippen LogP contribution in [0.1, 0.15) is 21.6 Å². The number of benzene rings is 3. The lowest BCUT2D eigenvalue weighted by Crippen LogP contribution is -2.26. The van der Waals surface area contributed by atoms with Gasteiger partial charge in [-0.15, -0.1) is 0 Å². The van der Waals surface area contributed by atoms with Crippen molar-refractivity contribution >= 4 is 27.6 Å². The smallest absolute Gasteiger partial charge is 0.255 e. The highest BCUT2D eigenvalue weighted by atomic mass is 16.2. The van der Waals surface area contributed by atoms with E-state index >= 15 is 0 Å². The SMILES string of the molecule is O=C1c2c(cccc2-c2cncc3ccccc23)CN1CCc1ccc2ccccc2n1. The molecular formula is C28H21N3O. The number of fused-ring (bicyclic) bond motifs is 3. The minimum atomic E-state index is 0.0873. The Balaban J connectivity index is 1.30. The molecule has 0 radical (unpaired) electrons. The van der Waals surface area contributed by atoms with Gasteiger partial charge in [-0.05, 0) is 28.6 Å². The molecule has 6 rings (SSSR count). The van der Waals surface area contributed by atoms with E-state index in [1.807, 2.05) is 59.8 Å². The second kappa shape index (κ2) is 7.57. The number of hydrogen-bond donors (Lipinski definition) is 0. The highest BCUT2D eigenvalue weighted by Gasteiger charge is 2.30. The molecular weight excluding hydrogens is 394 g/mol. The Morgan fingerprint density at radius 3 is 2.56 bits per heavy atom. The van der Waals surface area contributed by atoms with Gasteiger partial charge in [-0.2, -0.15) is 0 Å². The summed E-state index contributed by atoms with van der Waals surface area (Å²) >= 11 is 0. The third-order valence-corrected chi connectivity index (χ3v) is 6.27. The van der Waals surface area contributed by atoms with Crippen LogP contribution in [-0.2, 0) is 13.0 Å². The van der Waals surface area contributed by atoms with Crippen LogP contribution in [0.4, 0.5) is 0 Å². The third-order valence-electron chi connectivity index (χ3n) is 6.27. The minimum Gasteiger partial charge on any atom is -0.334 e. The van der Waals surface area contributed by atoms with E-state index in [2.05, 4.69) is 41.4 Å². The number of para-hydroxylation sites is 1. The Morgan fingerprint density at radius 1 is 0.781 bits per heavy atom. The molecule has 2 aromatic heterocycles. The van der Waals surface area contributed by atoms with Gasteiger partial charge in [0.2, 0.25) is 0 Å². The summed E-state index contributed by atoms with van der Waals surface area (Å²) in [6, 6.07) is 26.6. The predicted molar refractivity (Wildman–Crippen MR) is 127 cm³/mol. The number of hydrogen-bond acceptors (Lipinski definition) is 3. The number of rotatable bonds is 4. The van der Waals surface area contributed by atoms with Crippen LogP contribution in [0.15, 0.2) is 91.3 Å². The molecule has 0 aliphatic carbocycles. The molecule has 0 bridgehead atoms. The van der Waals surface area contributed by atoms with Crippen LogP contribution in [0.3, 0.4) is 0 Å². The zero-order chi connectivity index (χ0) is 21.5. The summed E-state index contributed by atoms with van der Waals surface area (Å²) in [4.78, 5) is 24.6. The van der Waals surface area contributed by atoms with Crippen LogP contribution >= 0.6 is 0 Å². The van der Waals surface area contributed by atoms with Gasteiger partial charge in [0, 0.05) is 53.9 Å². The van der Waals surface area contributed by atoms with Crippen LogP contribution < -0.4 is 0 Å². The second-order valence-electron chi connectivity index (χ2n) is 8.22. The Morgan fingerprint density at radius 2 is 1.62 bits per heavy atom. The average molecular weight is 415 g/mol. The van der Waals surface area contributed by atoms with Crippen molar-refractivity contribution in [2.75, 3.05) is 6.54 Å². The maximum Gasteiger partial charge on any atom is 0.255 e. The summed E-state index contributed by atoms with van der Waals surface area (Å²) in [5.41, 5.74) is 5.84. The number of pyridine rings is 2. The molecule has 4 nitrogen and oxygen atoms in total. The maximum atomic E-state index is 13.4. The van der Waals surface area contributed by atoms with Crippen LogP contribution in [0, 0.1) is 0 Å². The van der Waals surface area contributed by atoms with E-state index in [4.69, 9.17) is 4.98 Å². The molecule has 3 heterocycles. The number of nitrogens with zero attached hydrogens (tertiary/aromatic N) is 3. The summed E-state index contributed by atoms with van der Waals surface area (Å²) in [6.45, 7) is 1.28. The molecule has 1 aliphatic rings. The van der Waals surface area contributed by atoms with Gasteiger partial charge in [-0.3, -0.25) is 14.8 Å². The zero-order valence-corrected chi connectivity index (χ0v) is 17.5. The van der Waals surface area contributed by atoms with E-state index in [-0.39, 0.29) is 5.91 Å². The largest absolute Gasteiger partial charge is 0.334 e. The van der Waals surface area contributed by atoms with Gasteiger partial charge in [0.1, 0.15) is 0 Å². The van der Waals surface area contributed by atoms with E-state index < -0.39 is 0 Å². The zero-order valence-electron chi connectivity index (χ0n) is 17.5. The van der Waals surface area contributed by atoms with Crippen molar-refractivity contribution in [2.45, 2.75) is 13.0 Å². The highest BCUT2D eigenvalue weighted by molar-refractivity contribution is 6.08. The molecule has 3 aromatic carbocycles. The minimum absolute atomic E-state index is 0.0873. The monoisotopic (exact) mass is 415 g/mol. The molecule has 0 unspecified atom stereocenters. The van der Waals surface area contributed by atoms with Crippen LogP contribution in [0.2, 0.25) is 0 Å². The van der Waals surface area contributed by atoms with Gasteiger partial charge in [0.25, 0.3) is 5.91 Å².